The molecule has 0 aliphatic heterocycles. The van der Waals surface area contributed by atoms with Crippen LogP contribution >= 0.6 is 0 Å². The Kier molecular flexibility index (Phi) is 5.66. The summed E-state index contributed by atoms with van der Waals surface area (Å²) in [6.07, 6.45) is 1.66. The third-order valence-electron chi connectivity index (χ3n) is 4.60. The lowest BCUT2D eigenvalue weighted by atomic mass is 10.1. The van der Waals surface area contributed by atoms with Crippen LogP contribution in [0, 0.1) is 10.1 Å². The zero-order valence-electron chi connectivity index (χ0n) is 16.1. The second-order valence-corrected chi connectivity index (χ2v) is 6.68. The van der Waals surface area contributed by atoms with Gasteiger partial charge in [0.15, 0.2) is 0 Å². The summed E-state index contributed by atoms with van der Waals surface area (Å²) in [5.41, 5.74) is 5.48. The van der Waals surface area contributed by atoms with Crippen molar-refractivity contribution in [2.45, 2.75) is 6.61 Å². The highest BCUT2D eigenvalue weighted by molar-refractivity contribution is 5.84. The van der Waals surface area contributed by atoms with E-state index in [-0.39, 0.29) is 5.69 Å². The Hall–Kier alpha value is -4.19. The SMILES string of the molecule is O=[N+]([O-])c1ccc(N/N=C/c2ccccc2OCc2ccc3ccccc3c2)cc1. The molecule has 4 aromatic carbocycles. The molecule has 0 aromatic heterocycles. The zero-order valence-corrected chi connectivity index (χ0v) is 16.1. The smallest absolute Gasteiger partial charge is 0.269 e. The molecular weight excluding hydrogens is 378 g/mol. The van der Waals surface area contributed by atoms with E-state index >= 15 is 0 Å². The lowest BCUT2D eigenvalue weighted by Gasteiger charge is -2.10. The number of nitro benzene ring substituents is 1. The summed E-state index contributed by atoms with van der Waals surface area (Å²) in [5, 5.41) is 17.3. The Labute approximate surface area is 173 Å². The van der Waals surface area contributed by atoms with Crippen molar-refractivity contribution in [3.8, 4) is 5.75 Å². The second-order valence-electron chi connectivity index (χ2n) is 6.68. The highest BCUT2D eigenvalue weighted by Crippen LogP contribution is 2.21. The normalized spacial score (nSPS) is 10.9. The first kappa shape index (κ1) is 19.1. The minimum absolute atomic E-state index is 0.0389. The molecule has 0 bridgehead atoms. The van der Waals surface area contributed by atoms with Crippen molar-refractivity contribution in [2.24, 2.45) is 5.10 Å². The topological polar surface area (TPSA) is 76.8 Å². The van der Waals surface area contributed by atoms with Crippen molar-refractivity contribution in [2.75, 3.05) is 5.43 Å². The van der Waals surface area contributed by atoms with E-state index in [0.29, 0.717) is 12.3 Å². The number of nitro groups is 1. The third-order valence-corrected chi connectivity index (χ3v) is 4.60. The summed E-state index contributed by atoms with van der Waals surface area (Å²) in [7, 11) is 0. The maximum Gasteiger partial charge on any atom is 0.269 e. The summed E-state index contributed by atoms with van der Waals surface area (Å²) in [5.74, 6) is 0.722. The Morgan fingerprint density at radius 1 is 0.900 bits per heavy atom. The van der Waals surface area contributed by atoms with Gasteiger partial charge in [-0.05, 0) is 46.7 Å². The van der Waals surface area contributed by atoms with Crippen molar-refractivity contribution in [1.82, 2.24) is 0 Å². The molecule has 0 aliphatic carbocycles. The summed E-state index contributed by atoms with van der Waals surface area (Å²) in [6.45, 7) is 0.450. The summed E-state index contributed by atoms with van der Waals surface area (Å²) in [4.78, 5) is 10.3. The van der Waals surface area contributed by atoms with Crippen LogP contribution < -0.4 is 10.2 Å². The van der Waals surface area contributed by atoms with Crippen LogP contribution in [0.4, 0.5) is 11.4 Å². The van der Waals surface area contributed by atoms with Crippen LogP contribution in [-0.2, 0) is 6.61 Å². The van der Waals surface area contributed by atoms with Gasteiger partial charge in [0.05, 0.1) is 16.8 Å². The van der Waals surface area contributed by atoms with Gasteiger partial charge in [0, 0.05) is 17.7 Å². The number of hydrogen-bond acceptors (Lipinski definition) is 5. The van der Waals surface area contributed by atoms with Gasteiger partial charge in [0.1, 0.15) is 12.4 Å². The molecule has 0 saturated carbocycles. The van der Waals surface area contributed by atoms with Crippen LogP contribution in [0.5, 0.6) is 5.75 Å². The molecule has 0 amide bonds. The number of nitrogens with zero attached hydrogens (tertiary/aromatic N) is 2. The molecule has 1 N–H and O–H groups in total. The van der Waals surface area contributed by atoms with Gasteiger partial charge in [-0.3, -0.25) is 15.5 Å². The number of hydrazone groups is 1. The molecule has 0 saturated heterocycles. The molecule has 0 aliphatic rings. The standard InChI is InChI=1S/C24H19N3O3/c28-27(29)23-13-11-22(12-14-23)26-25-16-21-7-3-4-8-24(21)30-17-18-9-10-19-5-1-2-6-20(19)15-18/h1-16,26H,17H2/b25-16+. The fraction of sp³-hybridized carbons (Fsp3) is 0.0417. The highest BCUT2D eigenvalue weighted by atomic mass is 16.6. The average Bonchev–Trinajstić information content (AvgIpc) is 2.78. The Morgan fingerprint density at radius 3 is 2.43 bits per heavy atom. The number of ether oxygens (including phenoxy) is 1. The van der Waals surface area contributed by atoms with E-state index in [9.17, 15) is 10.1 Å². The molecule has 30 heavy (non-hydrogen) atoms. The van der Waals surface area contributed by atoms with Crippen LogP contribution in [0.2, 0.25) is 0 Å². The van der Waals surface area contributed by atoms with Gasteiger partial charge in [-0.1, -0.05) is 48.5 Å². The number of para-hydroxylation sites is 1. The predicted octanol–water partition coefficient (Wildman–Crippen LogP) is 5.77. The fourth-order valence-corrected chi connectivity index (χ4v) is 3.04. The first-order valence-corrected chi connectivity index (χ1v) is 9.42. The van der Waals surface area contributed by atoms with Gasteiger partial charge < -0.3 is 4.74 Å². The van der Waals surface area contributed by atoms with E-state index in [1.807, 2.05) is 36.4 Å². The molecular formula is C24H19N3O3. The fourth-order valence-electron chi connectivity index (χ4n) is 3.04. The molecule has 4 rings (SSSR count). The molecule has 148 valence electrons. The van der Waals surface area contributed by atoms with E-state index in [1.165, 1.54) is 22.9 Å². The molecule has 0 atom stereocenters. The molecule has 0 unspecified atom stereocenters. The molecule has 6 heteroatoms. The first-order valence-electron chi connectivity index (χ1n) is 9.42. The Balaban J connectivity index is 1.42. The number of non-ortho nitro benzene ring substituents is 1. The second kappa shape index (κ2) is 8.87. The van der Waals surface area contributed by atoms with Crippen LogP contribution in [-0.4, -0.2) is 11.1 Å². The molecule has 0 heterocycles. The number of fused-ring (bicyclic) bond motifs is 1. The Morgan fingerprint density at radius 2 is 1.63 bits per heavy atom. The summed E-state index contributed by atoms with van der Waals surface area (Å²) >= 11 is 0. The number of rotatable bonds is 7. The summed E-state index contributed by atoms with van der Waals surface area (Å²) in [6, 6.07) is 28.2. The number of benzene rings is 4. The van der Waals surface area contributed by atoms with Gasteiger partial charge >= 0.3 is 0 Å². The van der Waals surface area contributed by atoms with Crippen LogP contribution in [0.15, 0.2) is 96.1 Å². The predicted molar refractivity (Wildman–Crippen MR) is 119 cm³/mol. The van der Waals surface area contributed by atoms with E-state index in [1.54, 1.807) is 18.3 Å². The lowest BCUT2D eigenvalue weighted by Crippen LogP contribution is -1.99. The van der Waals surface area contributed by atoms with Gasteiger partial charge in [0.2, 0.25) is 0 Å². The zero-order chi connectivity index (χ0) is 20.8. The van der Waals surface area contributed by atoms with Gasteiger partial charge in [-0.2, -0.15) is 5.10 Å². The molecule has 0 radical (unpaired) electrons. The van der Waals surface area contributed by atoms with E-state index in [2.05, 4.69) is 40.9 Å². The van der Waals surface area contributed by atoms with Crippen molar-refractivity contribution in [3.63, 3.8) is 0 Å². The number of nitrogens with one attached hydrogen (secondary N) is 1. The quantitative estimate of drug-likeness (QED) is 0.244. The average molecular weight is 397 g/mol. The summed E-state index contributed by atoms with van der Waals surface area (Å²) < 4.78 is 6.02. The lowest BCUT2D eigenvalue weighted by molar-refractivity contribution is -0.384. The van der Waals surface area contributed by atoms with E-state index in [0.717, 1.165) is 16.9 Å². The maximum atomic E-state index is 10.7. The monoisotopic (exact) mass is 397 g/mol. The maximum absolute atomic E-state index is 10.7. The number of hydrogen-bond donors (Lipinski definition) is 1. The third kappa shape index (κ3) is 4.62. The van der Waals surface area contributed by atoms with Gasteiger partial charge in [-0.15, -0.1) is 0 Å². The largest absolute Gasteiger partial charge is 0.488 e. The Bertz CT molecular complexity index is 1200. The van der Waals surface area contributed by atoms with Crippen molar-refractivity contribution >= 4 is 28.4 Å². The van der Waals surface area contributed by atoms with Crippen LogP contribution in [0.1, 0.15) is 11.1 Å². The minimum atomic E-state index is -0.434. The molecule has 4 aromatic rings. The van der Waals surface area contributed by atoms with Crippen molar-refractivity contribution in [1.29, 1.82) is 0 Å². The molecule has 0 spiro atoms. The van der Waals surface area contributed by atoms with E-state index < -0.39 is 4.92 Å². The molecule has 0 fully saturated rings. The highest BCUT2D eigenvalue weighted by Gasteiger charge is 2.04. The van der Waals surface area contributed by atoms with Crippen molar-refractivity contribution in [3.05, 3.63) is 112 Å². The number of anilines is 1. The van der Waals surface area contributed by atoms with Crippen molar-refractivity contribution < 1.29 is 9.66 Å². The first-order chi connectivity index (χ1) is 14.7. The van der Waals surface area contributed by atoms with Crippen LogP contribution in [0.3, 0.4) is 0 Å². The van der Waals surface area contributed by atoms with Crippen LogP contribution in [0.25, 0.3) is 10.8 Å². The minimum Gasteiger partial charge on any atom is -0.488 e. The van der Waals surface area contributed by atoms with Gasteiger partial charge in [0.25, 0.3) is 5.69 Å². The molecule has 6 nitrogen and oxygen atoms in total. The van der Waals surface area contributed by atoms with Gasteiger partial charge in [-0.25, -0.2) is 0 Å². The van der Waals surface area contributed by atoms with E-state index in [4.69, 9.17) is 4.74 Å².